The third-order valence-electron chi connectivity index (χ3n) is 3.15. The summed E-state index contributed by atoms with van der Waals surface area (Å²) < 4.78 is 5.68. The van der Waals surface area contributed by atoms with Gasteiger partial charge in [-0.3, -0.25) is 0 Å². The van der Waals surface area contributed by atoms with E-state index in [-0.39, 0.29) is 17.4 Å². The third-order valence-corrected chi connectivity index (χ3v) is 4.59. The lowest BCUT2D eigenvalue weighted by Crippen LogP contribution is -2.23. The second-order valence-electron chi connectivity index (χ2n) is 4.59. The number of benzene rings is 1. The summed E-state index contributed by atoms with van der Waals surface area (Å²) >= 11 is 1.77. The summed E-state index contributed by atoms with van der Waals surface area (Å²) in [6.45, 7) is 6.55. The molecule has 4 heteroatoms. The fourth-order valence-electron chi connectivity index (χ4n) is 1.77. The van der Waals surface area contributed by atoms with Crippen molar-refractivity contribution >= 4 is 11.8 Å². The molecule has 1 rings (SSSR count). The van der Waals surface area contributed by atoms with E-state index < -0.39 is 0 Å². The highest BCUT2D eigenvalue weighted by molar-refractivity contribution is 7.99. The van der Waals surface area contributed by atoms with E-state index in [4.69, 9.17) is 4.74 Å². The molecular weight excluding hydrogens is 258 g/mol. The third kappa shape index (κ3) is 5.05. The first kappa shape index (κ1) is 16.3. The Kier molecular flexibility index (Phi) is 7.28. The van der Waals surface area contributed by atoms with Crippen molar-refractivity contribution in [1.82, 2.24) is 5.32 Å². The molecule has 0 aliphatic heterocycles. The van der Waals surface area contributed by atoms with Crippen molar-refractivity contribution in [1.29, 1.82) is 0 Å². The minimum absolute atomic E-state index is 0.231. The molecule has 0 aromatic heterocycles. The number of ether oxygens (including phenoxy) is 1. The zero-order valence-corrected chi connectivity index (χ0v) is 13.0. The van der Waals surface area contributed by atoms with Gasteiger partial charge in [-0.05, 0) is 27.0 Å². The van der Waals surface area contributed by atoms with Gasteiger partial charge in [-0.2, -0.15) is 11.8 Å². The summed E-state index contributed by atoms with van der Waals surface area (Å²) in [4.78, 5) is 0. The number of nitrogens with one attached hydrogen (secondary N) is 1. The molecule has 0 saturated carbocycles. The lowest BCUT2D eigenvalue weighted by molar-refractivity contribution is 0.196. The standard InChI is InChI=1S/C15H25NO2S/c1-5-18-15-9-7-6-8-13(15)14(16-4)10-19-12(3)11(2)17/h6-9,11-12,14,16-17H,5,10H2,1-4H3. The number of rotatable bonds is 8. The molecule has 3 nitrogen and oxygen atoms in total. The lowest BCUT2D eigenvalue weighted by atomic mass is 10.1. The maximum Gasteiger partial charge on any atom is 0.124 e. The van der Waals surface area contributed by atoms with Gasteiger partial charge in [0.15, 0.2) is 0 Å². The van der Waals surface area contributed by atoms with Crippen LogP contribution < -0.4 is 10.1 Å². The van der Waals surface area contributed by atoms with Crippen LogP contribution in [0.2, 0.25) is 0 Å². The van der Waals surface area contributed by atoms with Crippen LogP contribution in [0, 0.1) is 0 Å². The molecule has 108 valence electrons. The van der Waals surface area contributed by atoms with E-state index in [9.17, 15) is 5.11 Å². The van der Waals surface area contributed by atoms with Crippen LogP contribution >= 0.6 is 11.8 Å². The summed E-state index contributed by atoms with van der Waals surface area (Å²) in [5, 5.41) is 13.1. The Labute approximate surface area is 120 Å². The maximum absolute atomic E-state index is 9.55. The first-order chi connectivity index (χ1) is 9.10. The molecule has 19 heavy (non-hydrogen) atoms. The SMILES string of the molecule is CCOc1ccccc1C(CSC(C)C(C)O)NC. The second kappa shape index (κ2) is 8.46. The van der Waals surface area contributed by atoms with Crippen molar-refractivity contribution in [2.24, 2.45) is 0 Å². The Morgan fingerprint density at radius 2 is 2.00 bits per heavy atom. The van der Waals surface area contributed by atoms with E-state index in [0.29, 0.717) is 6.61 Å². The maximum atomic E-state index is 9.55. The van der Waals surface area contributed by atoms with Gasteiger partial charge in [-0.25, -0.2) is 0 Å². The summed E-state index contributed by atoms with van der Waals surface area (Å²) in [6.07, 6.45) is -0.287. The predicted molar refractivity (Wildman–Crippen MR) is 83.0 cm³/mol. The van der Waals surface area contributed by atoms with Crippen molar-refractivity contribution in [3.05, 3.63) is 29.8 Å². The topological polar surface area (TPSA) is 41.5 Å². The zero-order valence-electron chi connectivity index (χ0n) is 12.2. The number of para-hydroxylation sites is 1. The molecule has 0 aliphatic rings. The van der Waals surface area contributed by atoms with Gasteiger partial charge in [0, 0.05) is 22.6 Å². The molecule has 0 bridgehead atoms. The molecule has 3 atom stereocenters. The van der Waals surface area contributed by atoms with E-state index in [1.807, 2.05) is 39.1 Å². The van der Waals surface area contributed by atoms with Gasteiger partial charge in [-0.15, -0.1) is 0 Å². The Hall–Kier alpha value is -0.710. The van der Waals surface area contributed by atoms with E-state index in [1.165, 1.54) is 5.56 Å². The van der Waals surface area contributed by atoms with Crippen LogP contribution in [0.1, 0.15) is 32.4 Å². The van der Waals surface area contributed by atoms with Gasteiger partial charge in [0.25, 0.3) is 0 Å². The minimum atomic E-state index is -0.287. The van der Waals surface area contributed by atoms with Crippen molar-refractivity contribution in [3.63, 3.8) is 0 Å². The molecule has 0 amide bonds. The molecule has 0 spiro atoms. The molecule has 3 unspecified atom stereocenters. The number of hydrogen-bond acceptors (Lipinski definition) is 4. The monoisotopic (exact) mass is 283 g/mol. The Balaban J connectivity index is 2.74. The normalized spacial score (nSPS) is 15.8. The van der Waals surface area contributed by atoms with Crippen molar-refractivity contribution in [3.8, 4) is 5.75 Å². The Morgan fingerprint density at radius 3 is 2.58 bits per heavy atom. The number of aliphatic hydroxyl groups excluding tert-OH is 1. The smallest absolute Gasteiger partial charge is 0.124 e. The first-order valence-corrected chi connectivity index (χ1v) is 7.83. The highest BCUT2D eigenvalue weighted by Gasteiger charge is 2.17. The number of hydrogen-bond donors (Lipinski definition) is 2. The summed E-state index contributed by atoms with van der Waals surface area (Å²) in [7, 11) is 1.96. The molecule has 0 fully saturated rings. The second-order valence-corrected chi connectivity index (χ2v) is 6.00. The molecule has 0 radical (unpaired) electrons. The number of aliphatic hydroxyl groups is 1. The van der Waals surface area contributed by atoms with E-state index in [0.717, 1.165) is 11.5 Å². The van der Waals surface area contributed by atoms with Crippen LogP contribution in [-0.2, 0) is 0 Å². The largest absolute Gasteiger partial charge is 0.494 e. The quantitative estimate of drug-likeness (QED) is 0.770. The fraction of sp³-hybridized carbons (Fsp3) is 0.600. The lowest BCUT2D eigenvalue weighted by Gasteiger charge is -2.22. The van der Waals surface area contributed by atoms with Crippen LogP contribution in [0.25, 0.3) is 0 Å². The van der Waals surface area contributed by atoms with Gasteiger partial charge >= 0.3 is 0 Å². The van der Waals surface area contributed by atoms with Gasteiger partial charge < -0.3 is 15.2 Å². The van der Waals surface area contributed by atoms with Crippen LogP contribution in [0.4, 0.5) is 0 Å². The first-order valence-electron chi connectivity index (χ1n) is 6.78. The van der Waals surface area contributed by atoms with Crippen molar-refractivity contribution in [2.45, 2.75) is 38.2 Å². The molecule has 1 aromatic rings. The van der Waals surface area contributed by atoms with E-state index >= 15 is 0 Å². The van der Waals surface area contributed by atoms with Gasteiger partial charge in [0.2, 0.25) is 0 Å². The molecule has 0 aliphatic carbocycles. The summed E-state index contributed by atoms with van der Waals surface area (Å²) in [5.41, 5.74) is 1.18. The van der Waals surface area contributed by atoms with Crippen molar-refractivity contribution < 1.29 is 9.84 Å². The number of thioether (sulfide) groups is 1. The molecule has 1 aromatic carbocycles. The Morgan fingerprint density at radius 1 is 1.32 bits per heavy atom. The predicted octanol–water partition coefficient (Wildman–Crippen LogP) is 2.85. The average molecular weight is 283 g/mol. The van der Waals surface area contributed by atoms with Crippen molar-refractivity contribution in [2.75, 3.05) is 19.4 Å². The van der Waals surface area contributed by atoms with Crippen LogP contribution in [0.15, 0.2) is 24.3 Å². The van der Waals surface area contributed by atoms with E-state index in [1.54, 1.807) is 11.8 Å². The van der Waals surface area contributed by atoms with Crippen LogP contribution in [-0.4, -0.2) is 35.9 Å². The summed E-state index contributed by atoms with van der Waals surface area (Å²) in [5.74, 6) is 1.85. The van der Waals surface area contributed by atoms with Gasteiger partial charge in [-0.1, -0.05) is 25.1 Å². The van der Waals surface area contributed by atoms with Gasteiger partial charge in [0.05, 0.1) is 12.7 Å². The highest BCUT2D eigenvalue weighted by Crippen LogP contribution is 2.29. The minimum Gasteiger partial charge on any atom is -0.494 e. The molecule has 0 heterocycles. The van der Waals surface area contributed by atoms with Crippen LogP contribution in [0.5, 0.6) is 5.75 Å². The Bertz CT molecular complexity index is 371. The fourth-order valence-corrected chi connectivity index (χ4v) is 2.89. The summed E-state index contributed by atoms with van der Waals surface area (Å²) in [6, 6.07) is 8.36. The van der Waals surface area contributed by atoms with Gasteiger partial charge in [0.1, 0.15) is 5.75 Å². The molecule has 2 N–H and O–H groups in total. The zero-order chi connectivity index (χ0) is 14.3. The molecule has 0 saturated heterocycles. The molecular formula is C15H25NO2S. The van der Waals surface area contributed by atoms with Crippen LogP contribution in [0.3, 0.4) is 0 Å². The van der Waals surface area contributed by atoms with E-state index in [2.05, 4.69) is 18.3 Å². The average Bonchev–Trinajstić information content (AvgIpc) is 2.41. The highest BCUT2D eigenvalue weighted by atomic mass is 32.2.